The lowest BCUT2D eigenvalue weighted by Crippen LogP contribution is -2.17. The first-order valence-electron chi connectivity index (χ1n) is 9.90. The first kappa shape index (κ1) is 19.4. The average molecular weight is 426 g/mol. The Kier molecular flexibility index (Phi) is 4.63. The summed E-state index contributed by atoms with van der Waals surface area (Å²) in [4.78, 5) is 31.1. The lowest BCUT2D eigenvalue weighted by Gasteiger charge is -2.06. The molecule has 0 saturated carbocycles. The van der Waals surface area contributed by atoms with Crippen molar-refractivity contribution in [1.82, 2.24) is 29.5 Å². The number of aromatic carboxylic acids is 1. The highest BCUT2D eigenvalue weighted by atomic mass is 16.4. The smallest absolute Gasteiger partial charge is 0.338 e. The molecule has 158 valence electrons. The van der Waals surface area contributed by atoms with Gasteiger partial charge in [0.25, 0.3) is 5.56 Å². The molecule has 0 aliphatic heterocycles. The van der Waals surface area contributed by atoms with Crippen molar-refractivity contribution in [3.05, 3.63) is 94.2 Å². The molecular formula is C23H18N6O3. The molecule has 5 aromatic rings. The van der Waals surface area contributed by atoms with E-state index in [9.17, 15) is 9.59 Å². The molecule has 3 aromatic heterocycles. The van der Waals surface area contributed by atoms with E-state index in [-0.39, 0.29) is 17.1 Å². The van der Waals surface area contributed by atoms with Gasteiger partial charge >= 0.3 is 5.97 Å². The molecule has 2 aromatic carbocycles. The molecular weight excluding hydrogens is 408 g/mol. The largest absolute Gasteiger partial charge is 0.478 e. The van der Waals surface area contributed by atoms with Crippen LogP contribution in [0.2, 0.25) is 0 Å². The molecule has 2 N–H and O–H groups in total. The van der Waals surface area contributed by atoms with E-state index in [1.807, 2.05) is 42.5 Å². The maximum absolute atomic E-state index is 12.9. The number of fused-ring (bicyclic) bond motifs is 1. The number of aromatic nitrogens is 6. The van der Waals surface area contributed by atoms with Crippen molar-refractivity contribution in [3.63, 3.8) is 0 Å². The fraction of sp³-hybridized carbons (Fsp3) is 0.0870. The van der Waals surface area contributed by atoms with Crippen molar-refractivity contribution in [2.75, 3.05) is 0 Å². The second-order valence-electron chi connectivity index (χ2n) is 7.37. The lowest BCUT2D eigenvalue weighted by atomic mass is 10.0. The van der Waals surface area contributed by atoms with E-state index in [4.69, 9.17) is 5.11 Å². The third-order valence-electron chi connectivity index (χ3n) is 5.19. The van der Waals surface area contributed by atoms with Crippen LogP contribution in [0, 0.1) is 6.92 Å². The van der Waals surface area contributed by atoms with Crippen molar-refractivity contribution in [3.8, 4) is 17.1 Å². The van der Waals surface area contributed by atoms with Gasteiger partial charge in [0.1, 0.15) is 5.52 Å². The van der Waals surface area contributed by atoms with Crippen LogP contribution in [0.4, 0.5) is 0 Å². The molecule has 0 atom stereocenters. The van der Waals surface area contributed by atoms with Gasteiger partial charge in [-0.2, -0.15) is 10.2 Å². The lowest BCUT2D eigenvalue weighted by molar-refractivity contribution is 0.0697. The van der Waals surface area contributed by atoms with Crippen LogP contribution in [0.5, 0.6) is 0 Å². The number of aryl methyl sites for hydroxylation is 1. The van der Waals surface area contributed by atoms with Crippen LogP contribution < -0.4 is 5.56 Å². The molecule has 32 heavy (non-hydrogen) atoms. The number of nitrogens with one attached hydrogen (secondary N) is 1. The van der Waals surface area contributed by atoms with Crippen LogP contribution in [-0.2, 0) is 6.54 Å². The Balaban J connectivity index is 1.49. The summed E-state index contributed by atoms with van der Waals surface area (Å²) in [5.74, 6) is -0.980. The molecule has 0 fully saturated rings. The Morgan fingerprint density at radius 1 is 1.06 bits per heavy atom. The molecule has 0 amide bonds. The van der Waals surface area contributed by atoms with E-state index in [0.717, 1.165) is 16.7 Å². The fourth-order valence-electron chi connectivity index (χ4n) is 3.60. The highest BCUT2D eigenvalue weighted by Crippen LogP contribution is 2.20. The number of aromatic amines is 1. The van der Waals surface area contributed by atoms with Gasteiger partial charge in [0.05, 0.1) is 24.0 Å². The third-order valence-corrected chi connectivity index (χ3v) is 5.19. The zero-order valence-electron chi connectivity index (χ0n) is 17.1. The highest BCUT2D eigenvalue weighted by Gasteiger charge is 2.16. The van der Waals surface area contributed by atoms with Crippen molar-refractivity contribution < 1.29 is 9.90 Å². The summed E-state index contributed by atoms with van der Waals surface area (Å²) in [6, 6.07) is 18.2. The number of benzene rings is 2. The van der Waals surface area contributed by atoms with Gasteiger partial charge in [-0.1, -0.05) is 54.6 Å². The Hall–Kier alpha value is -4.53. The summed E-state index contributed by atoms with van der Waals surface area (Å²) < 4.78 is 2.85. The standard InChI is InChI=1S/C23H18N6O3/c1-14-19-20(21(30)26-23(25-19)29-13-18(11-24-29)22(31)32)28(27-14)12-15-7-9-17(10-8-15)16-5-3-2-4-6-16/h2-11,13H,12H2,1H3,(H,31,32)(H,25,26,30). The summed E-state index contributed by atoms with van der Waals surface area (Å²) >= 11 is 0. The maximum Gasteiger partial charge on any atom is 0.338 e. The van der Waals surface area contributed by atoms with Crippen LogP contribution in [0.25, 0.3) is 28.1 Å². The van der Waals surface area contributed by atoms with Gasteiger partial charge in [-0.15, -0.1) is 0 Å². The van der Waals surface area contributed by atoms with Crippen LogP contribution in [0.3, 0.4) is 0 Å². The predicted octanol–water partition coefficient (Wildman–Crippen LogP) is 3.03. The number of hydrogen-bond donors (Lipinski definition) is 2. The zero-order chi connectivity index (χ0) is 22.2. The minimum absolute atomic E-state index is 0.000822. The molecule has 5 rings (SSSR count). The molecule has 0 unspecified atom stereocenters. The summed E-state index contributed by atoms with van der Waals surface area (Å²) in [7, 11) is 0. The van der Waals surface area contributed by atoms with Crippen molar-refractivity contribution in [2.24, 2.45) is 0 Å². The molecule has 0 bridgehead atoms. The van der Waals surface area contributed by atoms with Crippen LogP contribution in [0.1, 0.15) is 21.6 Å². The highest BCUT2D eigenvalue weighted by molar-refractivity contribution is 5.87. The number of H-pyrrole nitrogens is 1. The van der Waals surface area contributed by atoms with Gasteiger partial charge in [0, 0.05) is 6.20 Å². The van der Waals surface area contributed by atoms with Gasteiger partial charge in [0.15, 0.2) is 5.52 Å². The van der Waals surface area contributed by atoms with E-state index in [1.54, 1.807) is 11.6 Å². The van der Waals surface area contributed by atoms with Gasteiger partial charge < -0.3 is 5.11 Å². The van der Waals surface area contributed by atoms with E-state index in [1.165, 1.54) is 17.1 Å². The van der Waals surface area contributed by atoms with E-state index in [2.05, 4.69) is 32.3 Å². The second kappa shape index (κ2) is 7.62. The summed E-state index contributed by atoms with van der Waals surface area (Å²) in [5, 5.41) is 17.6. The van der Waals surface area contributed by atoms with Crippen molar-refractivity contribution in [1.29, 1.82) is 0 Å². The van der Waals surface area contributed by atoms with E-state index < -0.39 is 5.97 Å². The first-order valence-corrected chi connectivity index (χ1v) is 9.90. The maximum atomic E-state index is 12.9. The molecule has 9 nitrogen and oxygen atoms in total. The molecule has 0 aliphatic carbocycles. The van der Waals surface area contributed by atoms with Gasteiger partial charge in [-0.25, -0.2) is 14.5 Å². The van der Waals surface area contributed by atoms with Crippen LogP contribution in [-0.4, -0.2) is 40.6 Å². The monoisotopic (exact) mass is 426 g/mol. The molecule has 0 radical (unpaired) electrons. The average Bonchev–Trinajstić information content (AvgIpc) is 3.41. The second-order valence-corrected chi connectivity index (χ2v) is 7.37. The Labute approximate surface area is 181 Å². The molecule has 0 aliphatic rings. The van der Waals surface area contributed by atoms with Crippen LogP contribution >= 0.6 is 0 Å². The summed E-state index contributed by atoms with van der Waals surface area (Å²) in [6.45, 7) is 2.19. The van der Waals surface area contributed by atoms with Crippen molar-refractivity contribution in [2.45, 2.75) is 13.5 Å². The molecule has 0 spiro atoms. The summed E-state index contributed by atoms with van der Waals surface area (Å²) in [5.41, 5.74) is 4.26. The van der Waals surface area contributed by atoms with Crippen LogP contribution in [0.15, 0.2) is 71.8 Å². The van der Waals surface area contributed by atoms with E-state index >= 15 is 0 Å². The number of carboxylic acids is 1. The SMILES string of the molecule is Cc1nn(Cc2ccc(-c3ccccc3)cc2)c2c(=O)[nH]c(-n3cc(C(=O)O)cn3)nc12. The topological polar surface area (TPSA) is 119 Å². The first-order chi connectivity index (χ1) is 15.5. The Morgan fingerprint density at radius 2 is 1.78 bits per heavy atom. The quantitative estimate of drug-likeness (QED) is 0.446. The molecule has 3 heterocycles. The number of carbonyl (C=O) groups is 1. The normalized spacial score (nSPS) is 11.2. The fourth-order valence-corrected chi connectivity index (χ4v) is 3.60. The number of rotatable bonds is 5. The minimum atomic E-state index is -1.11. The number of carboxylic acid groups (broad SMARTS) is 1. The minimum Gasteiger partial charge on any atom is -0.478 e. The van der Waals surface area contributed by atoms with Gasteiger partial charge in [-0.05, 0) is 23.6 Å². The predicted molar refractivity (Wildman–Crippen MR) is 118 cm³/mol. The molecule has 9 heteroatoms. The van der Waals surface area contributed by atoms with E-state index in [0.29, 0.717) is 23.3 Å². The van der Waals surface area contributed by atoms with Crippen molar-refractivity contribution >= 4 is 17.0 Å². The summed E-state index contributed by atoms with van der Waals surface area (Å²) in [6.07, 6.45) is 2.49. The van der Waals surface area contributed by atoms with Gasteiger partial charge in [-0.3, -0.25) is 14.5 Å². The number of hydrogen-bond acceptors (Lipinski definition) is 5. The Bertz CT molecular complexity index is 1500. The van der Waals surface area contributed by atoms with Gasteiger partial charge in [0.2, 0.25) is 5.95 Å². The Morgan fingerprint density at radius 3 is 2.47 bits per heavy atom. The number of nitrogens with zero attached hydrogens (tertiary/aromatic N) is 5. The third kappa shape index (κ3) is 3.45. The molecule has 0 saturated heterocycles. The zero-order valence-corrected chi connectivity index (χ0v) is 17.1.